The molecule has 11 heteroatoms. The second kappa shape index (κ2) is 21.7. The van der Waals surface area contributed by atoms with Crippen molar-refractivity contribution in [1.29, 1.82) is 0 Å². The standard InChI is InChI=1S/C31H61N3O8/c1-9-14-25(19-22(2)35)15-10-11-17-27(29(39)41-8)32-28(38)26(33-30(40)42-31(5,6)7)16-12-13-18-34(20-23(3)36)21-24(4)37/h22-27,35-37H,9-21H2,1-8H3,(H,32,38)(H,33,40)/t22-,23+,24+,25?,26-,27-/m1/s1. The summed E-state index contributed by atoms with van der Waals surface area (Å²) < 4.78 is 10.3. The second-order valence-electron chi connectivity index (χ2n) is 12.8. The molecule has 0 saturated carbocycles. The molecule has 5 N–H and O–H groups in total. The maximum atomic E-state index is 13.3. The van der Waals surface area contributed by atoms with Gasteiger partial charge >= 0.3 is 12.1 Å². The number of alkyl carbamates (subject to hydrolysis) is 1. The molecule has 0 fully saturated rings. The first-order chi connectivity index (χ1) is 19.6. The van der Waals surface area contributed by atoms with E-state index in [-0.39, 0.29) is 6.10 Å². The summed E-state index contributed by atoms with van der Waals surface area (Å²) in [5.74, 6) is -0.611. The molecule has 0 radical (unpaired) electrons. The third-order valence-electron chi connectivity index (χ3n) is 6.80. The monoisotopic (exact) mass is 603 g/mol. The molecule has 0 spiro atoms. The van der Waals surface area contributed by atoms with E-state index >= 15 is 0 Å². The number of rotatable bonds is 22. The van der Waals surface area contributed by atoms with Crippen LogP contribution in [0.4, 0.5) is 4.79 Å². The number of carbonyl (C=O) groups excluding carboxylic acids is 3. The molecule has 1 unspecified atom stereocenters. The summed E-state index contributed by atoms with van der Waals surface area (Å²) in [4.78, 5) is 40.4. The van der Waals surface area contributed by atoms with Gasteiger partial charge in [-0.15, -0.1) is 0 Å². The molecule has 0 rings (SSSR count). The highest BCUT2D eigenvalue weighted by molar-refractivity contribution is 5.89. The summed E-state index contributed by atoms with van der Waals surface area (Å²) in [6, 6.07) is -1.77. The maximum Gasteiger partial charge on any atom is 0.408 e. The Balaban J connectivity index is 5.31. The van der Waals surface area contributed by atoms with Crippen LogP contribution in [0.5, 0.6) is 0 Å². The topological polar surface area (TPSA) is 158 Å². The van der Waals surface area contributed by atoms with E-state index in [2.05, 4.69) is 17.6 Å². The minimum absolute atomic E-state index is 0.314. The van der Waals surface area contributed by atoms with E-state index in [0.29, 0.717) is 57.7 Å². The molecule has 0 aromatic carbocycles. The molecule has 0 aromatic rings. The highest BCUT2D eigenvalue weighted by atomic mass is 16.6. The molecule has 0 aliphatic carbocycles. The van der Waals surface area contributed by atoms with Crippen LogP contribution < -0.4 is 10.6 Å². The lowest BCUT2D eigenvalue weighted by Gasteiger charge is -2.26. The Labute approximate surface area is 254 Å². The van der Waals surface area contributed by atoms with Gasteiger partial charge in [-0.1, -0.05) is 39.0 Å². The normalized spacial score (nSPS) is 16.2. The number of nitrogens with zero attached hydrogens (tertiary/aromatic N) is 1. The zero-order chi connectivity index (χ0) is 32.3. The molecule has 0 aliphatic heterocycles. The van der Waals surface area contributed by atoms with Gasteiger partial charge in [-0.05, 0) is 86.1 Å². The van der Waals surface area contributed by atoms with Gasteiger partial charge in [0.2, 0.25) is 5.91 Å². The van der Waals surface area contributed by atoms with Gasteiger partial charge in [0.25, 0.3) is 0 Å². The molecule has 248 valence electrons. The minimum atomic E-state index is -0.922. The number of hydrogen-bond donors (Lipinski definition) is 5. The van der Waals surface area contributed by atoms with Crippen molar-refractivity contribution in [3.05, 3.63) is 0 Å². The molecule has 0 bridgehead atoms. The molecule has 0 heterocycles. The smallest absolute Gasteiger partial charge is 0.408 e. The van der Waals surface area contributed by atoms with E-state index in [1.165, 1.54) is 7.11 Å². The van der Waals surface area contributed by atoms with Crippen molar-refractivity contribution in [2.45, 2.75) is 149 Å². The largest absolute Gasteiger partial charge is 0.467 e. The first-order valence-electron chi connectivity index (χ1n) is 15.7. The first-order valence-corrected chi connectivity index (χ1v) is 15.7. The fraction of sp³-hybridized carbons (Fsp3) is 0.903. The average molecular weight is 604 g/mol. The third-order valence-corrected chi connectivity index (χ3v) is 6.80. The fourth-order valence-corrected chi connectivity index (χ4v) is 5.12. The number of nitrogens with one attached hydrogen (secondary N) is 2. The summed E-state index contributed by atoms with van der Waals surface area (Å²) in [5, 5.41) is 34.8. The van der Waals surface area contributed by atoms with Crippen LogP contribution >= 0.6 is 0 Å². The molecule has 11 nitrogen and oxygen atoms in total. The molecule has 6 atom stereocenters. The number of amides is 2. The van der Waals surface area contributed by atoms with Gasteiger partial charge in [0.15, 0.2) is 0 Å². The van der Waals surface area contributed by atoms with E-state index in [1.54, 1.807) is 41.5 Å². The SMILES string of the molecule is CCCC(CCCC[C@@H](NC(=O)[C@@H](CCCCN(C[C@H](C)O)C[C@H](C)O)NC(=O)OC(C)(C)C)C(=O)OC)C[C@@H](C)O. The number of carbonyl (C=O) groups is 3. The first kappa shape index (κ1) is 40.1. The van der Waals surface area contributed by atoms with E-state index < -0.39 is 47.9 Å². The van der Waals surface area contributed by atoms with Gasteiger partial charge in [0, 0.05) is 13.1 Å². The Morgan fingerprint density at radius 2 is 1.33 bits per heavy atom. The number of methoxy groups -OCH3 is 1. The van der Waals surface area contributed by atoms with Gasteiger partial charge in [0.1, 0.15) is 17.7 Å². The van der Waals surface area contributed by atoms with Gasteiger partial charge < -0.3 is 35.4 Å². The van der Waals surface area contributed by atoms with Crippen molar-refractivity contribution in [2.24, 2.45) is 5.92 Å². The Morgan fingerprint density at radius 3 is 1.83 bits per heavy atom. The lowest BCUT2D eigenvalue weighted by Crippen LogP contribution is -2.52. The molecule has 0 aliphatic rings. The van der Waals surface area contributed by atoms with Gasteiger partial charge in [-0.3, -0.25) is 9.69 Å². The maximum absolute atomic E-state index is 13.3. The van der Waals surface area contributed by atoms with Crippen LogP contribution in [0.1, 0.15) is 113 Å². The van der Waals surface area contributed by atoms with E-state index in [1.807, 2.05) is 4.90 Å². The zero-order valence-corrected chi connectivity index (χ0v) is 27.5. The average Bonchev–Trinajstić information content (AvgIpc) is 2.84. The van der Waals surface area contributed by atoms with Crippen LogP contribution in [-0.2, 0) is 19.1 Å². The second-order valence-corrected chi connectivity index (χ2v) is 12.8. The molecule has 0 saturated heterocycles. The number of unbranched alkanes of at least 4 members (excludes halogenated alkanes) is 2. The fourth-order valence-electron chi connectivity index (χ4n) is 5.12. The van der Waals surface area contributed by atoms with Gasteiger partial charge in [-0.2, -0.15) is 0 Å². The Kier molecular flexibility index (Phi) is 20.7. The number of esters is 1. The Hall–Kier alpha value is -1.95. The predicted octanol–water partition coefficient (Wildman–Crippen LogP) is 3.52. The van der Waals surface area contributed by atoms with Gasteiger partial charge in [-0.25, -0.2) is 9.59 Å². The highest BCUT2D eigenvalue weighted by Crippen LogP contribution is 2.21. The van der Waals surface area contributed by atoms with E-state index in [4.69, 9.17) is 9.47 Å². The number of hydrogen-bond acceptors (Lipinski definition) is 9. The van der Waals surface area contributed by atoms with Crippen LogP contribution in [0.2, 0.25) is 0 Å². The third kappa shape index (κ3) is 20.9. The van der Waals surface area contributed by atoms with E-state index in [0.717, 1.165) is 32.1 Å². The lowest BCUT2D eigenvalue weighted by molar-refractivity contribution is -0.145. The van der Waals surface area contributed by atoms with Crippen LogP contribution in [0, 0.1) is 5.92 Å². The molecule has 2 amide bonds. The predicted molar refractivity (Wildman–Crippen MR) is 164 cm³/mol. The number of aliphatic hydroxyl groups is 3. The minimum Gasteiger partial charge on any atom is -0.467 e. The van der Waals surface area contributed by atoms with Crippen LogP contribution in [0.25, 0.3) is 0 Å². The number of aliphatic hydroxyl groups excluding tert-OH is 3. The van der Waals surface area contributed by atoms with Gasteiger partial charge in [0.05, 0.1) is 25.4 Å². The van der Waals surface area contributed by atoms with Crippen LogP contribution in [0.3, 0.4) is 0 Å². The summed E-state index contributed by atoms with van der Waals surface area (Å²) in [5.41, 5.74) is -0.744. The van der Waals surface area contributed by atoms with Crippen molar-refractivity contribution >= 4 is 18.0 Å². The summed E-state index contributed by atoms with van der Waals surface area (Å²) in [6.07, 6.45) is 5.14. The van der Waals surface area contributed by atoms with Crippen LogP contribution in [0.15, 0.2) is 0 Å². The lowest BCUT2D eigenvalue weighted by atomic mass is 9.91. The molecular weight excluding hydrogens is 542 g/mol. The summed E-state index contributed by atoms with van der Waals surface area (Å²) in [6.45, 7) is 14.0. The summed E-state index contributed by atoms with van der Waals surface area (Å²) in [7, 11) is 1.28. The Bertz CT molecular complexity index is 745. The number of ether oxygens (including phenoxy) is 2. The van der Waals surface area contributed by atoms with Crippen molar-refractivity contribution in [1.82, 2.24) is 15.5 Å². The zero-order valence-electron chi connectivity index (χ0n) is 27.5. The Morgan fingerprint density at radius 1 is 0.786 bits per heavy atom. The molecule has 0 aromatic heterocycles. The van der Waals surface area contributed by atoms with Crippen molar-refractivity contribution < 1.29 is 39.2 Å². The molecule has 42 heavy (non-hydrogen) atoms. The van der Waals surface area contributed by atoms with Crippen LogP contribution in [-0.4, -0.2) is 101 Å². The summed E-state index contributed by atoms with van der Waals surface area (Å²) >= 11 is 0. The van der Waals surface area contributed by atoms with E-state index in [9.17, 15) is 29.7 Å². The molecular formula is C31H61N3O8. The van der Waals surface area contributed by atoms with Crippen molar-refractivity contribution in [3.8, 4) is 0 Å². The highest BCUT2D eigenvalue weighted by Gasteiger charge is 2.28. The quantitative estimate of drug-likeness (QED) is 0.0922. The van der Waals surface area contributed by atoms with Crippen molar-refractivity contribution in [3.63, 3.8) is 0 Å². The van der Waals surface area contributed by atoms with Crippen molar-refractivity contribution in [2.75, 3.05) is 26.7 Å².